The zero-order valence-corrected chi connectivity index (χ0v) is 16.9. The molecule has 0 aromatic heterocycles. The topological polar surface area (TPSA) is 67.9 Å². The van der Waals surface area contributed by atoms with Gasteiger partial charge < -0.3 is 19.7 Å². The van der Waals surface area contributed by atoms with Crippen molar-refractivity contribution >= 4 is 11.8 Å². The lowest BCUT2D eigenvalue weighted by Crippen LogP contribution is -2.55. The second-order valence-electron chi connectivity index (χ2n) is 8.53. The second kappa shape index (κ2) is 7.15. The van der Waals surface area contributed by atoms with Crippen LogP contribution in [0.3, 0.4) is 0 Å². The van der Waals surface area contributed by atoms with Crippen molar-refractivity contribution in [2.24, 2.45) is 0 Å². The van der Waals surface area contributed by atoms with Gasteiger partial charge in [-0.3, -0.25) is 9.59 Å². The maximum Gasteiger partial charge on any atom is 0.266 e. The molecule has 6 nitrogen and oxygen atoms in total. The number of hydrogen-bond acceptors (Lipinski definition) is 4. The summed E-state index contributed by atoms with van der Waals surface area (Å²) in [4.78, 5) is 26.3. The van der Waals surface area contributed by atoms with Gasteiger partial charge in [0.15, 0.2) is 5.60 Å². The first-order valence-electron chi connectivity index (χ1n) is 9.61. The summed E-state index contributed by atoms with van der Waals surface area (Å²) < 4.78 is 12.0. The predicted molar refractivity (Wildman–Crippen MR) is 103 cm³/mol. The molecule has 0 aliphatic carbocycles. The highest BCUT2D eigenvalue weighted by Crippen LogP contribution is 2.33. The molecule has 27 heavy (non-hydrogen) atoms. The van der Waals surface area contributed by atoms with Crippen LogP contribution in [0.2, 0.25) is 0 Å². The van der Waals surface area contributed by atoms with Gasteiger partial charge in [0.2, 0.25) is 5.91 Å². The quantitative estimate of drug-likeness (QED) is 0.879. The van der Waals surface area contributed by atoms with E-state index in [-0.39, 0.29) is 18.4 Å². The van der Waals surface area contributed by atoms with Crippen molar-refractivity contribution in [1.29, 1.82) is 0 Å². The summed E-state index contributed by atoms with van der Waals surface area (Å²) in [5.41, 5.74) is 0.745. The van der Waals surface area contributed by atoms with E-state index in [1.165, 1.54) is 0 Å². The Labute approximate surface area is 161 Å². The van der Waals surface area contributed by atoms with E-state index in [0.717, 1.165) is 23.3 Å². The van der Waals surface area contributed by atoms with Gasteiger partial charge in [-0.1, -0.05) is 26.0 Å². The number of carbonyl (C=O) groups is 2. The van der Waals surface area contributed by atoms with Crippen LogP contribution in [0.25, 0.3) is 0 Å². The molecular weight excluding hydrogens is 344 g/mol. The smallest absolute Gasteiger partial charge is 0.266 e. The zero-order valence-electron chi connectivity index (χ0n) is 16.9. The van der Waals surface area contributed by atoms with Gasteiger partial charge in [0.05, 0.1) is 6.54 Å². The molecule has 6 heteroatoms. The van der Waals surface area contributed by atoms with Crippen LogP contribution < -0.4 is 10.1 Å². The molecule has 2 fully saturated rings. The fourth-order valence-electron chi connectivity index (χ4n) is 3.77. The van der Waals surface area contributed by atoms with Crippen LogP contribution in [0, 0.1) is 6.92 Å². The molecule has 2 saturated heterocycles. The van der Waals surface area contributed by atoms with E-state index in [1.807, 2.05) is 26.8 Å². The van der Waals surface area contributed by atoms with Crippen LogP contribution in [-0.4, -0.2) is 54.2 Å². The van der Waals surface area contributed by atoms with E-state index >= 15 is 0 Å². The number of morpholine rings is 1. The number of hydrogen-bond donors (Lipinski definition) is 1. The Morgan fingerprint density at radius 3 is 2.74 bits per heavy atom. The number of aryl methyl sites for hydroxylation is 1. The minimum Gasteiger partial charge on any atom is -0.478 e. The molecule has 1 atom stereocenters. The summed E-state index contributed by atoms with van der Waals surface area (Å²) in [5.74, 6) is 0.907. The first kappa shape index (κ1) is 19.7. The van der Waals surface area contributed by atoms with Gasteiger partial charge in [0.1, 0.15) is 18.0 Å². The molecule has 3 rings (SSSR count). The number of nitrogens with one attached hydrogen (secondary N) is 1. The van der Waals surface area contributed by atoms with E-state index < -0.39 is 11.2 Å². The lowest BCUT2D eigenvalue weighted by atomic mass is 9.99. The maximum absolute atomic E-state index is 13.2. The van der Waals surface area contributed by atoms with Gasteiger partial charge in [-0.05, 0) is 50.3 Å². The molecule has 2 aliphatic rings. The summed E-state index contributed by atoms with van der Waals surface area (Å²) in [6.45, 7) is 11.5. The highest BCUT2D eigenvalue weighted by molar-refractivity contribution is 5.85. The molecule has 1 unspecified atom stereocenters. The molecule has 0 saturated carbocycles. The number of amides is 2. The Kier molecular flexibility index (Phi) is 5.21. The SMILES string of the molecule is Cc1ccc(C(C)C)c(OC(C)(C)C(=O)N2CCC3(CNC(=O)CO3)C2)c1. The maximum atomic E-state index is 13.2. The van der Waals surface area contributed by atoms with E-state index in [0.29, 0.717) is 25.6 Å². The van der Waals surface area contributed by atoms with Crippen LogP contribution >= 0.6 is 0 Å². The molecule has 2 heterocycles. The molecule has 1 spiro atoms. The van der Waals surface area contributed by atoms with E-state index in [2.05, 4.69) is 31.3 Å². The molecule has 1 N–H and O–H groups in total. The van der Waals surface area contributed by atoms with E-state index in [9.17, 15) is 9.59 Å². The van der Waals surface area contributed by atoms with Crippen LogP contribution in [0.15, 0.2) is 18.2 Å². The molecule has 2 amide bonds. The minimum atomic E-state index is -0.985. The molecule has 0 radical (unpaired) electrons. The summed E-state index contributed by atoms with van der Waals surface area (Å²) in [6, 6.07) is 6.13. The third kappa shape index (κ3) is 4.10. The monoisotopic (exact) mass is 374 g/mol. The molecule has 2 aliphatic heterocycles. The van der Waals surface area contributed by atoms with Crippen molar-refractivity contribution in [2.75, 3.05) is 26.2 Å². The van der Waals surface area contributed by atoms with Gasteiger partial charge >= 0.3 is 0 Å². The zero-order chi connectivity index (χ0) is 19.8. The van der Waals surface area contributed by atoms with Crippen molar-refractivity contribution < 1.29 is 19.1 Å². The molecular formula is C21H30N2O4. The lowest BCUT2D eigenvalue weighted by Gasteiger charge is -2.35. The molecule has 1 aromatic rings. The third-order valence-corrected chi connectivity index (χ3v) is 5.39. The van der Waals surface area contributed by atoms with Crippen molar-refractivity contribution in [2.45, 2.75) is 58.2 Å². The first-order valence-corrected chi connectivity index (χ1v) is 9.61. The fraction of sp³-hybridized carbons (Fsp3) is 0.619. The average Bonchev–Trinajstić information content (AvgIpc) is 3.00. The van der Waals surface area contributed by atoms with Gasteiger partial charge in [-0.25, -0.2) is 0 Å². The van der Waals surface area contributed by atoms with Crippen LogP contribution in [0.5, 0.6) is 5.75 Å². The normalized spacial score (nSPS) is 23.0. The van der Waals surface area contributed by atoms with Crippen molar-refractivity contribution in [3.8, 4) is 5.75 Å². The Bertz CT molecular complexity index is 732. The standard InChI is InChI=1S/C21H30N2O4/c1-14(2)16-7-6-15(3)10-17(16)27-20(4,5)19(25)23-9-8-21(13-23)12-22-18(24)11-26-21/h6-7,10,14H,8-9,11-13H2,1-5H3,(H,22,24). The third-order valence-electron chi connectivity index (χ3n) is 5.39. The summed E-state index contributed by atoms with van der Waals surface area (Å²) in [7, 11) is 0. The summed E-state index contributed by atoms with van der Waals surface area (Å²) >= 11 is 0. The molecule has 0 bridgehead atoms. The number of ether oxygens (including phenoxy) is 2. The van der Waals surface area contributed by atoms with Gasteiger partial charge in [-0.2, -0.15) is 0 Å². The highest BCUT2D eigenvalue weighted by Gasteiger charge is 2.47. The van der Waals surface area contributed by atoms with Gasteiger partial charge in [0, 0.05) is 13.1 Å². The number of nitrogens with zero attached hydrogens (tertiary/aromatic N) is 1. The highest BCUT2D eigenvalue weighted by atomic mass is 16.5. The number of likely N-dealkylation sites (tertiary alicyclic amines) is 1. The average molecular weight is 374 g/mol. The Balaban J connectivity index is 1.73. The number of rotatable bonds is 4. The lowest BCUT2D eigenvalue weighted by molar-refractivity contribution is -0.149. The number of carbonyl (C=O) groups excluding carboxylic acids is 2. The van der Waals surface area contributed by atoms with Gasteiger partial charge in [-0.15, -0.1) is 0 Å². The van der Waals surface area contributed by atoms with E-state index in [4.69, 9.17) is 9.47 Å². The van der Waals surface area contributed by atoms with Crippen LogP contribution in [0.1, 0.15) is 51.2 Å². The van der Waals surface area contributed by atoms with Crippen molar-refractivity contribution in [3.63, 3.8) is 0 Å². The van der Waals surface area contributed by atoms with Crippen LogP contribution in [0.4, 0.5) is 0 Å². The minimum absolute atomic E-state index is 0.0585. The largest absolute Gasteiger partial charge is 0.478 e. The molecule has 1 aromatic carbocycles. The van der Waals surface area contributed by atoms with Crippen molar-refractivity contribution in [3.05, 3.63) is 29.3 Å². The van der Waals surface area contributed by atoms with Crippen LogP contribution in [-0.2, 0) is 14.3 Å². The summed E-state index contributed by atoms with van der Waals surface area (Å²) in [6.07, 6.45) is 0.719. The summed E-state index contributed by atoms with van der Waals surface area (Å²) in [5, 5.41) is 2.85. The Hall–Kier alpha value is -2.08. The Morgan fingerprint density at radius 2 is 2.11 bits per heavy atom. The molecule has 148 valence electrons. The second-order valence-corrected chi connectivity index (χ2v) is 8.53. The Morgan fingerprint density at radius 1 is 1.37 bits per heavy atom. The van der Waals surface area contributed by atoms with Crippen molar-refractivity contribution in [1.82, 2.24) is 10.2 Å². The number of benzene rings is 1. The van der Waals surface area contributed by atoms with Gasteiger partial charge in [0.25, 0.3) is 5.91 Å². The first-order chi connectivity index (χ1) is 12.6. The van der Waals surface area contributed by atoms with E-state index in [1.54, 1.807) is 4.90 Å². The fourth-order valence-corrected chi connectivity index (χ4v) is 3.77. The predicted octanol–water partition coefficient (Wildman–Crippen LogP) is 2.39.